The summed E-state index contributed by atoms with van der Waals surface area (Å²) in [7, 11) is 0. The van der Waals surface area contributed by atoms with E-state index in [-0.39, 0.29) is 5.82 Å². The summed E-state index contributed by atoms with van der Waals surface area (Å²) in [5.74, 6) is -0.129. The molecule has 0 aromatic heterocycles. The number of halogens is 1. The van der Waals surface area contributed by atoms with Gasteiger partial charge in [0.1, 0.15) is 5.82 Å². The first kappa shape index (κ1) is 15.0. The molecular weight excluding hydrogens is 263 g/mol. The smallest absolute Gasteiger partial charge is 0.123 e. The first-order valence-electron chi connectivity index (χ1n) is 8.36. The lowest BCUT2D eigenvalue weighted by atomic mass is 9.91. The number of aryl methyl sites for hydroxylation is 1. The van der Waals surface area contributed by atoms with Crippen LogP contribution in [0.3, 0.4) is 0 Å². The second-order valence-corrected chi connectivity index (χ2v) is 6.91. The van der Waals surface area contributed by atoms with E-state index in [1.54, 1.807) is 12.1 Å². The van der Waals surface area contributed by atoms with Crippen molar-refractivity contribution in [2.75, 3.05) is 13.1 Å². The van der Waals surface area contributed by atoms with Crippen LogP contribution in [0.25, 0.3) is 0 Å². The van der Waals surface area contributed by atoms with Crippen LogP contribution in [0.4, 0.5) is 4.39 Å². The van der Waals surface area contributed by atoms with E-state index in [0.717, 1.165) is 25.2 Å². The van der Waals surface area contributed by atoms with Gasteiger partial charge in [0.25, 0.3) is 0 Å². The van der Waals surface area contributed by atoms with Crippen LogP contribution in [0, 0.1) is 12.7 Å². The fourth-order valence-electron chi connectivity index (χ4n) is 4.07. The van der Waals surface area contributed by atoms with Gasteiger partial charge in [0.05, 0.1) is 0 Å². The van der Waals surface area contributed by atoms with E-state index in [4.69, 9.17) is 0 Å². The maximum Gasteiger partial charge on any atom is 0.123 e. The van der Waals surface area contributed by atoms with Gasteiger partial charge in [0.2, 0.25) is 0 Å². The van der Waals surface area contributed by atoms with E-state index in [2.05, 4.69) is 17.1 Å². The normalized spacial score (nSPS) is 25.6. The van der Waals surface area contributed by atoms with Crippen LogP contribution in [0.1, 0.15) is 50.2 Å². The summed E-state index contributed by atoms with van der Waals surface area (Å²) in [5, 5.41) is 3.83. The van der Waals surface area contributed by atoms with Crippen LogP contribution in [0.5, 0.6) is 0 Å². The molecule has 2 aliphatic rings. The van der Waals surface area contributed by atoms with Crippen LogP contribution in [-0.2, 0) is 6.54 Å². The first-order valence-corrected chi connectivity index (χ1v) is 8.36. The molecular formula is C18H27FN2. The molecule has 1 aromatic carbocycles. The zero-order valence-electron chi connectivity index (χ0n) is 13.3. The zero-order valence-corrected chi connectivity index (χ0v) is 13.3. The number of nitrogens with zero attached hydrogens (tertiary/aromatic N) is 1. The molecule has 21 heavy (non-hydrogen) atoms. The molecule has 1 spiro atoms. The molecule has 0 bridgehead atoms. The number of nitrogens with one attached hydrogen (secondary N) is 1. The van der Waals surface area contributed by atoms with Gasteiger partial charge >= 0.3 is 0 Å². The molecule has 1 unspecified atom stereocenters. The SMILES string of the molecule is CCC1CNC2(CCCC2)CN1Cc1ccc(F)cc1C. The Morgan fingerprint density at radius 3 is 2.76 bits per heavy atom. The molecule has 3 heteroatoms. The predicted octanol–water partition coefficient (Wildman–Crippen LogP) is 3.63. The van der Waals surface area contributed by atoms with Gasteiger partial charge in [-0.2, -0.15) is 0 Å². The van der Waals surface area contributed by atoms with Crippen molar-refractivity contribution < 1.29 is 4.39 Å². The fraction of sp³-hybridized carbons (Fsp3) is 0.667. The Morgan fingerprint density at radius 1 is 1.33 bits per heavy atom. The van der Waals surface area contributed by atoms with Gasteiger partial charge in [-0.05, 0) is 49.4 Å². The number of benzene rings is 1. The number of hydrogen-bond acceptors (Lipinski definition) is 2. The summed E-state index contributed by atoms with van der Waals surface area (Å²) in [5.41, 5.74) is 2.69. The van der Waals surface area contributed by atoms with Gasteiger partial charge in [-0.25, -0.2) is 4.39 Å². The molecule has 0 amide bonds. The molecule has 116 valence electrons. The lowest BCUT2D eigenvalue weighted by molar-refractivity contribution is 0.0716. The van der Waals surface area contributed by atoms with E-state index in [0.29, 0.717) is 11.6 Å². The number of piperazine rings is 1. The molecule has 0 radical (unpaired) electrons. The zero-order chi connectivity index (χ0) is 14.9. The van der Waals surface area contributed by atoms with Gasteiger partial charge in [0.15, 0.2) is 0 Å². The summed E-state index contributed by atoms with van der Waals surface area (Å²) < 4.78 is 13.3. The lowest BCUT2D eigenvalue weighted by Gasteiger charge is -2.46. The molecule has 1 aliphatic heterocycles. The standard InChI is InChI=1S/C18H27FN2/c1-3-17-11-20-18(8-4-5-9-18)13-21(17)12-15-6-7-16(19)10-14(15)2/h6-7,10,17,20H,3-5,8-9,11-13H2,1-2H3. The average Bonchev–Trinajstić information content (AvgIpc) is 2.90. The minimum atomic E-state index is -0.129. The third kappa shape index (κ3) is 3.14. The highest BCUT2D eigenvalue weighted by Crippen LogP contribution is 2.34. The van der Waals surface area contributed by atoms with Crippen molar-refractivity contribution in [3.05, 3.63) is 35.1 Å². The van der Waals surface area contributed by atoms with Gasteiger partial charge < -0.3 is 5.32 Å². The summed E-state index contributed by atoms with van der Waals surface area (Å²) in [6.07, 6.45) is 6.49. The monoisotopic (exact) mass is 290 g/mol. The van der Waals surface area contributed by atoms with Gasteiger partial charge in [-0.3, -0.25) is 4.90 Å². The molecule has 1 saturated heterocycles. The van der Waals surface area contributed by atoms with E-state index < -0.39 is 0 Å². The minimum Gasteiger partial charge on any atom is -0.308 e. The Balaban J connectivity index is 1.76. The maximum atomic E-state index is 13.3. The third-order valence-corrected chi connectivity index (χ3v) is 5.44. The minimum absolute atomic E-state index is 0.129. The van der Waals surface area contributed by atoms with Crippen LogP contribution in [0.15, 0.2) is 18.2 Å². The molecule has 1 saturated carbocycles. The van der Waals surface area contributed by atoms with E-state index in [1.165, 1.54) is 37.7 Å². The summed E-state index contributed by atoms with van der Waals surface area (Å²) in [6.45, 7) is 7.48. The van der Waals surface area contributed by atoms with E-state index in [9.17, 15) is 4.39 Å². The molecule has 1 aliphatic carbocycles. The molecule has 2 fully saturated rings. The topological polar surface area (TPSA) is 15.3 Å². The van der Waals surface area contributed by atoms with Crippen molar-refractivity contribution in [3.8, 4) is 0 Å². The van der Waals surface area contributed by atoms with Crippen LogP contribution >= 0.6 is 0 Å². The van der Waals surface area contributed by atoms with Gasteiger partial charge in [-0.1, -0.05) is 25.8 Å². The highest BCUT2D eigenvalue weighted by atomic mass is 19.1. The molecule has 3 rings (SSSR count). The predicted molar refractivity (Wildman–Crippen MR) is 84.8 cm³/mol. The average molecular weight is 290 g/mol. The van der Waals surface area contributed by atoms with Crippen LogP contribution in [0.2, 0.25) is 0 Å². The van der Waals surface area contributed by atoms with E-state index >= 15 is 0 Å². The number of hydrogen-bond donors (Lipinski definition) is 1. The lowest BCUT2D eigenvalue weighted by Crippen LogP contribution is -2.62. The van der Waals surface area contributed by atoms with E-state index in [1.807, 2.05) is 13.0 Å². The van der Waals surface area contributed by atoms with Crippen molar-refractivity contribution in [1.29, 1.82) is 0 Å². The first-order chi connectivity index (χ1) is 10.1. The Bertz CT molecular complexity index is 494. The van der Waals surface area contributed by atoms with Crippen molar-refractivity contribution in [2.45, 2.75) is 64.1 Å². The summed E-state index contributed by atoms with van der Waals surface area (Å²) >= 11 is 0. The van der Waals surface area contributed by atoms with Crippen LogP contribution in [-0.4, -0.2) is 29.6 Å². The molecule has 1 N–H and O–H groups in total. The second-order valence-electron chi connectivity index (χ2n) is 6.91. The van der Waals surface area contributed by atoms with Gasteiger partial charge in [0, 0.05) is 31.2 Å². The molecule has 1 aromatic rings. The van der Waals surface area contributed by atoms with Crippen molar-refractivity contribution in [3.63, 3.8) is 0 Å². The summed E-state index contributed by atoms with van der Waals surface area (Å²) in [4.78, 5) is 2.63. The van der Waals surface area contributed by atoms with Crippen LogP contribution < -0.4 is 5.32 Å². The third-order valence-electron chi connectivity index (χ3n) is 5.44. The Morgan fingerprint density at radius 2 is 2.10 bits per heavy atom. The highest BCUT2D eigenvalue weighted by molar-refractivity contribution is 5.26. The Labute approximate surface area is 127 Å². The van der Waals surface area contributed by atoms with Crippen molar-refractivity contribution in [2.24, 2.45) is 0 Å². The number of rotatable bonds is 3. The fourth-order valence-corrected chi connectivity index (χ4v) is 4.07. The molecule has 2 nitrogen and oxygen atoms in total. The quantitative estimate of drug-likeness (QED) is 0.914. The highest BCUT2D eigenvalue weighted by Gasteiger charge is 2.40. The summed E-state index contributed by atoms with van der Waals surface area (Å²) in [6, 6.07) is 5.81. The second kappa shape index (κ2) is 6.05. The molecule has 1 heterocycles. The van der Waals surface area contributed by atoms with Crippen molar-refractivity contribution >= 4 is 0 Å². The Kier molecular flexibility index (Phi) is 4.32. The largest absolute Gasteiger partial charge is 0.308 e. The molecule has 1 atom stereocenters. The maximum absolute atomic E-state index is 13.3. The Hall–Kier alpha value is -0.930. The van der Waals surface area contributed by atoms with Crippen molar-refractivity contribution in [1.82, 2.24) is 10.2 Å². The van der Waals surface area contributed by atoms with Gasteiger partial charge in [-0.15, -0.1) is 0 Å².